The number of aromatic hydroxyl groups is 1. The van der Waals surface area contributed by atoms with Crippen LogP contribution in [0.3, 0.4) is 0 Å². The van der Waals surface area contributed by atoms with E-state index in [0.29, 0.717) is 6.42 Å². The number of hydrogen-bond acceptors (Lipinski definition) is 3. The number of amides is 1. The van der Waals surface area contributed by atoms with Crippen LogP contribution in [0.5, 0.6) is 5.75 Å². The number of nitrogens with zero attached hydrogens (tertiary/aromatic N) is 2. The van der Waals surface area contributed by atoms with Crippen molar-refractivity contribution >= 4 is 5.91 Å². The Morgan fingerprint density at radius 3 is 2.58 bits per heavy atom. The minimum Gasteiger partial charge on any atom is -0.508 e. The zero-order valence-corrected chi connectivity index (χ0v) is 12.1. The molecular weight excluding hydrogens is 240 g/mol. The SMILES string of the molecule is CCN(CCCN(C)C)C(=O)Cc1cccc(O)c1. The predicted molar refractivity (Wildman–Crippen MR) is 77.2 cm³/mol. The number of hydrogen-bond donors (Lipinski definition) is 1. The summed E-state index contributed by atoms with van der Waals surface area (Å²) in [5.41, 5.74) is 0.857. The molecule has 0 bridgehead atoms. The van der Waals surface area contributed by atoms with E-state index < -0.39 is 0 Å². The zero-order valence-electron chi connectivity index (χ0n) is 12.1. The van der Waals surface area contributed by atoms with Crippen molar-refractivity contribution in [3.63, 3.8) is 0 Å². The quantitative estimate of drug-likeness (QED) is 0.815. The van der Waals surface area contributed by atoms with Gasteiger partial charge >= 0.3 is 0 Å². The fourth-order valence-corrected chi connectivity index (χ4v) is 1.99. The van der Waals surface area contributed by atoms with E-state index in [9.17, 15) is 9.90 Å². The fourth-order valence-electron chi connectivity index (χ4n) is 1.99. The molecule has 0 saturated carbocycles. The molecule has 0 atom stereocenters. The number of rotatable bonds is 7. The summed E-state index contributed by atoms with van der Waals surface area (Å²) in [6, 6.07) is 6.89. The summed E-state index contributed by atoms with van der Waals surface area (Å²) in [5.74, 6) is 0.327. The van der Waals surface area contributed by atoms with Crippen LogP contribution in [-0.4, -0.2) is 54.5 Å². The van der Waals surface area contributed by atoms with Crippen molar-refractivity contribution in [1.82, 2.24) is 9.80 Å². The predicted octanol–water partition coefficient (Wildman–Crippen LogP) is 1.73. The van der Waals surface area contributed by atoms with Gasteiger partial charge in [0.15, 0.2) is 0 Å². The van der Waals surface area contributed by atoms with Gasteiger partial charge < -0.3 is 14.9 Å². The average Bonchev–Trinajstić information content (AvgIpc) is 2.34. The monoisotopic (exact) mass is 264 g/mol. The average molecular weight is 264 g/mol. The molecule has 1 aromatic carbocycles. The molecule has 0 aliphatic carbocycles. The van der Waals surface area contributed by atoms with Crippen molar-refractivity contribution in [2.24, 2.45) is 0 Å². The maximum absolute atomic E-state index is 12.2. The molecule has 1 N–H and O–H groups in total. The van der Waals surface area contributed by atoms with Crippen molar-refractivity contribution in [1.29, 1.82) is 0 Å². The molecule has 4 nitrogen and oxygen atoms in total. The second-order valence-corrected chi connectivity index (χ2v) is 4.98. The normalized spacial score (nSPS) is 10.7. The van der Waals surface area contributed by atoms with Gasteiger partial charge in [0, 0.05) is 13.1 Å². The Morgan fingerprint density at radius 2 is 2.00 bits per heavy atom. The van der Waals surface area contributed by atoms with E-state index in [1.165, 1.54) is 0 Å². The summed E-state index contributed by atoms with van der Waals surface area (Å²) in [7, 11) is 4.07. The molecule has 0 spiro atoms. The third-order valence-corrected chi connectivity index (χ3v) is 3.03. The van der Waals surface area contributed by atoms with Gasteiger partial charge in [0.2, 0.25) is 5.91 Å². The first-order valence-electron chi connectivity index (χ1n) is 6.73. The van der Waals surface area contributed by atoms with E-state index in [1.807, 2.05) is 32.0 Å². The molecule has 4 heteroatoms. The molecule has 0 radical (unpaired) electrons. The molecule has 1 aromatic rings. The first kappa shape index (κ1) is 15.5. The molecule has 106 valence electrons. The van der Waals surface area contributed by atoms with Gasteiger partial charge in [-0.1, -0.05) is 12.1 Å². The maximum atomic E-state index is 12.2. The summed E-state index contributed by atoms with van der Waals surface area (Å²) in [6.45, 7) is 4.49. The van der Waals surface area contributed by atoms with E-state index in [4.69, 9.17) is 0 Å². The van der Waals surface area contributed by atoms with Crippen LogP contribution in [0.2, 0.25) is 0 Å². The standard InChI is InChI=1S/C15H24N2O2/c1-4-17(10-6-9-16(2)3)15(19)12-13-7-5-8-14(18)11-13/h5,7-8,11,18H,4,6,9-10,12H2,1-3H3. The summed E-state index contributed by atoms with van der Waals surface area (Å²) in [6.07, 6.45) is 1.33. The summed E-state index contributed by atoms with van der Waals surface area (Å²) < 4.78 is 0. The molecular formula is C15H24N2O2. The van der Waals surface area contributed by atoms with Gasteiger partial charge in [-0.05, 0) is 51.7 Å². The van der Waals surface area contributed by atoms with Crippen molar-refractivity contribution in [2.45, 2.75) is 19.8 Å². The molecule has 0 unspecified atom stereocenters. The Morgan fingerprint density at radius 1 is 1.26 bits per heavy atom. The van der Waals surface area contributed by atoms with Crippen molar-refractivity contribution < 1.29 is 9.90 Å². The van der Waals surface area contributed by atoms with Crippen LogP contribution in [-0.2, 0) is 11.2 Å². The van der Waals surface area contributed by atoms with Crippen LogP contribution in [0.4, 0.5) is 0 Å². The molecule has 19 heavy (non-hydrogen) atoms. The lowest BCUT2D eigenvalue weighted by atomic mass is 10.1. The second kappa shape index (κ2) is 7.79. The lowest BCUT2D eigenvalue weighted by molar-refractivity contribution is -0.130. The molecule has 1 rings (SSSR count). The van der Waals surface area contributed by atoms with Gasteiger partial charge in [-0.25, -0.2) is 0 Å². The van der Waals surface area contributed by atoms with Crippen molar-refractivity contribution in [2.75, 3.05) is 33.7 Å². The molecule has 0 heterocycles. The van der Waals surface area contributed by atoms with Gasteiger partial charge in [0.25, 0.3) is 0 Å². The number of benzene rings is 1. The Hall–Kier alpha value is -1.55. The van der Waals surface area contributed by atoms with Crippen LogP contribution in [0, 0.1) is 0 Å². The van der Waals surface area contributed by atoms with Gasteiger partial charge in [-0.15, -0.1) is 0 Å². The van der Waals surface area contributed by atoms with E-state index in [0.717, 1.165) is 31.6 Å². The van der Waals surface area contributed by atoms with E-state index in [2.05, 4.69) is 4.90 Å². The lowest BCUT2D eigenvalue weighted by Gasteiger charge is -2.22. The largest absolute Gasteiger partial charge is 0.508 e. The third-order valence-electron chi connectivity index (χ3n) is 3.03. The fraction of sp³-hybridized carbons (Fsp3) is 0.533. The van der Waals surface area contributed by atoms with Gasteiger partial charge in [0.1, 0.15) is 5.75 Å². The second-order valence-electron chi connectivity index (χ2n) is 4.98. The van der Waals surface area contributed by atoms with Gasteiger partial charge in [-0.2, -0.15) is 0 Å². The van der Waals surface area contributed by atoms with E-state index in [-0.39, 0.29) is 11.7 Å². The highest BCUT2D eigenvalue weighted by atomic mass is 16.3. The number of phenols is 1. The first-order valence-corrected chi connectivity index (χ1v) is 6.73. The number of likely N-dealkylation sites (N-methyl/N-ethyl adjacent to an activating group) is 1. The summed E-state index contributed by atoms with van der Waals surface area (Å²) in [5, 5.41) is 9.39. The maximum Gasteiger partial charge on any atom is 0.226 e. The van der Waals surface area contributed by atoms with Crippen molar-refractivity contribution in [3.8, 4) is 5.75 Å². The highest BCUT2D eigenvalue weighted by molar-refractivity contribution is 5.78. The molecule has 0 saturated heterocycles. The highest BCUT2D eigenvalue weighted by Gasteiger charge is 2.12. The topological polar surface area (TPSA) is 43.8 Å². The van der Waals surface area contributed by atoms with E-state index in [1.54, 1.807) is 18.2 Å². The van der Waals surface area contributed by atoms with E-state index >= 15 is 0 Å². The van der Waals surface area contributed by atoms with Crippen LogP contribution in [0.1, 0.15) is 18.9 Å². The minimum absolute atomic E-state index is 0.117. The van der Waals surface area contributed by atoms with Crippen LogP contribution in [0.25, 0.3) is 0 Å². The summed E-state index contributed by atoms with van der Waals surface area (Å²) >= 11 is 0. The molecule has 1 amide bonds. The van der Waals surface area contributed by atoms with Gasteiger partial charge in [0.05, 0.1) is 6.42 Å². The first-order chi connectivity index (χ1) is 9.02. The third kappa shape index (κ3) is 5.75. The van der Waals surface area contributed by atoms with Crippen molar-refractivity contribution in [3.05, 3.63) is 29.8 Å². The lowest BCUT2D eigenvalue weighted by Crippen LogP contribution is -2.34. The number of carbonyl (C=O) groups excluding carboxylic acids is 1. The minimum atomic E-state index is 0.117. The number of phenolic OH excluding ortho intramolecular Hbond substituents is 1. The Kier molecular flexibility index (Phi) is 6.36. The molecule has 0 aliphatic rings. The van der Waals surface area contributed by atoms with Crippen LogP contribution >= 0.6 is 0 Å². The highest BCUT2D eigenvalue weighted by Crippen LogP contribution is 2.12. The Bertz CT molecular complexity index is 405. The van der Waals surface area contributed by atoms with Crippen LogP contribution < -0.4 is 0 Å². The molecule has 0 fully saturated rings. The molecule has 0 aliphatic heterocycles. The number of carbonyl (C=O) groups is 1. The zero-order chi connectivity index (χ0) is 14.3. The smallest absolute Gasteiger partial charge is 0.226 e. The van der Waals surface area contributed by atoms with Crippen LogP contribution in [0.15, 0.2) is 24.3 Å². The van der Waals surface area contributed by atoms with Gasteiger partial charge in [-0.3, -0.25) is 4.79 Å². The Balaban J connectivity index is 2.49. The summed E-state index contributed by atoms with van der Waals surface area (Å²) in [4.78, 5) is 16.1. The Labute approximate surface area is 115 Å². The molecule has 0 aromatic heterocycles.